The van der Waals surface area contributed by atoms with Gasteiger partial charge in [-0.15, -0.1) is 0 Å². The molecule has 6 N–H and O–H groups in total. The van der Waals surface area contributed by atoms with Crippen LogP contribution in [0, 0.1) is 0 Å². The molecule has 1 saturated heterocycles. The minimum atomic E-state index is -0.458. The summed E-state index contributed by atoms with van der Waals surface area (Å²) in [4.78, 5) is 11.1. The van der Waals surface area contributed by atoms with E-state index in [9.17, 15) is 9.90 Å². The number of rotatable bonds is 6. The van der Waals surface area contributed by atoms with E-state index >= 15 is 0 Å². The van der Waals surface area contributed by atoms with Crippen molar-refractivity contribution in [1.29, 1.82) is 0 Å². The SMILES string of the molecule is CC1NNC(c2ccc(OCC(=O)NN)cc2O)C1Oc1ccccc1. The van der Waals surface area contributed by atoms with Gasteiger partial charge >= 0.3 is 0 Å². The van der Waals surface area contributed by atoms with Gasteiger partial charge in [0, 0.05) is 11.6 Å². The maximum atomic E-state index is 11.1. The van der Waals surface area contributed by atoms with Crippen LogP contribution in [0.25, 0.3) is 0 Å². The van der Waals surface area contributed by atoms with E-state index in [0.29, 0.717) is 11.3 Å². The lowest BCUT2D eigenvalue weighted by Crippen LogP contribution is -2.34. The second kappa shape index (κ2) is 8.05. The topological polar surface area (TPSA) is 118 Å². The maximum Gasteiger partial charge on any atom is 0.271 e. The third-order valence-corrected chi connectivity index (χ3v) is 4.17. The Bertz CT molecular complexity index is 756. The molecule has 138 valence electrons. The number of ether oxygens (including phenoxy) is 2. The molecule has 0 saturated carbocycles. The molecular weight excluding hydrogens is 336 g/mol. The largest absolute Gasteiger partial charge is 0.507 e. The highest BCUT2D eigenvalue weighted by Crippen LogP contribution is 2.34. The molecule has 8 heteroatoms. The minimum absolute atomic E-state index is 0.0313. The Labute approximate surface area is 151 Å². The number of hydrogen-bond acceptors (Lipinski definition) is 7. The van der Waals surface area contributed by atoms with Crippen LogP contribution in [0.1, 0.15) is 18.5 Å². The molecule has 1 fully saturated rings. The number of phenols is 1. The highest BCUT2D eigenvalue weighted by molar-refractivity contribution is 5.76. The molecule has 0 bridgehead atoms. The van der Waals surface area contributed by atoms with Crippen molar-refractivity contribution in [3.05, 3.63) is 54.1 Å². The van der Waals surface area contributed by atoms with Crippen molar-refractivity contribution in [1.82, 2.24) is 16.3 Å². The van der Waals surface area contributed by atoms with E-state index in [4.69, 9.17) is 15.3 Å². The van der Waals surface area contributed by atoms with Crippen molar-refractivity contribution in [2.45, 2.75) is 25.1 Å². The van der Waals surface area contributed by atoms with Crippen LogP contribution < -0.4 is 31.6 Å². The summed E-state index contributed by atoms with van der Waals surface area (Å²) in [6.07, 6.45) is -0.224. The number of para-hydroxylation sites is 1. The summed E-state index contributed by atoms with van der Waals surface area (Å²) < 4.78 is 11.4. The average molecular weight is 358 g/mol. The first-order valence-corrected chi connectivity index (χ1v) is 8.26. The van der Waals surface area contributed by atoms with Gasteiger partial charge < -0.3 is 14.6 Å². The Kier molecular flexibility index (Phi) is 5.57. The molecule has 3 atom stereocenters. The van der Waals surface area contributed by atoms with E-state index in [1.807, 2.05) is 42.7 Å². The molecule has 0 radical (unpaired) electrons. The number of hydrogen-bond donors (Lipinski definition) is 5. The first-order chi connectivity index (χ1) is 12.6. The van der Waals surface area contributed by atoms with Gasteiger partial charge in [0.05, 0.1) is 12.1 Å². The Balaban J connectivity index is 1.75. The van der Waals surface area contributed by atoms with Crippen LogP contribution in [-0.4, -0.2) is 29.8 Å². The molecule has 1 aliphatic heterocycles. The van der Waals surface area contributed by atoms with Gasteiger partial charge in [0.1, 0.15) is 23.4 Å². The fourth-order valence-corrected chi connectivity index (χ4v) is 2.82. The number of phenolic OH excluding ortho intramolecular Hbond substituents is 1. The molecule has 3 unspecified atom stereocenters. The summed E-state index contributed by atoms with van der Waals surface area (Å²) in [5.74, 6) is 5.72. The van der Waals surface area contributed by atoms with E-state index < -0.39 is 5.91 Å². The molecule has 1 heterocycles. The fourth-order valence-electron chi connectivity index (χ4n) is 2.82. The lowest BCUT2D eigenvalue weighted by Gasteiger charge is -2.23. The Morgan fingerprint density at radius 1 is 1.19 bits per heavy atom. The lowest BCUT2D eigenvalue weighted by atomic mass is 9.98. The molecule has 8 nitrogen and oxygen atoms in total. The molecule has 1 aliphatic rings. The molecule has 0 spiro atoms. The fraction of sp³-hybridized carbons (Fsp3) is 0.278. The van der Waals surface area contributed by atoms with Gasteiger partial charge in [0.25, 0.3) is 5.91 Å². The van der Waals surface area contributed by atoms with Crippen molar-refractivity contribution in [2.24, 2.45) is 5.84 Å². The van der Waals surface area contributed by atoms with Gasteiger partial charge in [-0.2, -0.15) is 0 Å². The zero-order chi connectivity index (χ0) is 18.5. The number of benzene rings is 2. The molecule has 1 amide bonds. The second-order valence-corrected chi connectivity index (χ2v) is 6.03. The molecule has 0 aromatic heterocycles. The molecule has 2 aromatic rings. The van der Waals surface area contributed by atoms with E-state index in [0.717, 1.165) is 5.75 Å². The van der Waals surface area contributed by atoms with E-state index in [2.05, 4.69) is 10.9 Å². The number of hydrazine groups is 2. The predicted molar refractivity (Wildman–Crippen MR) is 95.3 cm³/mol. The maximum absolute atomic E-state index is 11.1. The van der Waals surface area contributed by atoms with Gasteiger partial charge in [-0.3, -0.25) is 15.6 Å². The standard InChI is InChI=1S/C18H22N4O4/c1-11-18(26-12-5-3-2-4-6-12)17(22-21-11)14-8-7-13(9-15(14)23)25-10-16(24)20-19/h2-9,11,17-18,21-23H,10,19H2,1H3,(H,20,24). The Morgan fingerprint density at radius 2 is 1.96 bits per heavy atom. The van der Waals surface area contributed by atoms with Gasteiger partial charge in [-0.1, -0.05) is 18.2 Å². The summed E-state index contributed by atoms with van der Waals surface area (Å²) in [7, 11) is 0. The zero-order valence-electron chi connectivity index (χ0n) is 14.3. The third-order valence-electron chi connectivity index (χ3n) is 4.17. The van der Waals surface area contributed by atoms with Gasteiger partial charge in [0.15, 0.2) is 6.61 Å². The van der Waals surface area contributed by atoms with Crippen molar-refractivity contribution in [2.75, 3.05) is 6.61 Å². The lowest BCUT2D eigenvalue weighted by molar-refractivity contribution is -0.123. The summed E-state index contributed by atoms with van der Waals surface area (Å²) in [6, 6.07) is 14.2. The number of nitrogens with one attached hydrogen (secondary N) is 3. The number of carbonyl (C=O) groups is 1. The van der Waals surface area contributed by atoms with Crippen LogP contribution in [0.4, 0.5) is 0 Å². The number of nitrogens with two attached hydrogens (primary N) is 1. The quantitative estimate of drug-likeness (QED) is 0.294. The smallest absolute Gasteiger partial charge is 0.271 e. The average Bonchev–Trinajstić information content (AvgIpc) is 3.01. The van der Waals surface area contributed by atoms with Crippen molar-refractivity contribution >= 4 is 5.91 Å². The Morgan fingerprint density at radius 3 is 2.65 bits per heavy atom. The van der Waals surface area contributed by atoms with Crippen LogP contribution in [0.2, 0.25) is 0 Å². The minimum Gasteiger partial charge on any atom is -0.507 e. The monoisotopic (exact) mass is 358 g/mol. The van der Waals surface area contributed by atoms with Crippen LogP contribution in [-0.2, 0) is 4.79 Å². The second-order valence-electron chi connectivity index (χ2n) is 6.03. The summed E-state index contributed by atoms with van der Waals surface area (Å²) in [6.45, 7) is 1.77. The predicted octanol–water partition coefficient (Wildman–Crippen LogP) is 0.746. The van der Waals surface area contributed by atoms with Gasteiger partial charge in [-0.25, -0.2) is 11.3 Å². The van der Waals surface area contributed by atoms with E-state index in [-0.39, 0.29) is 30.5 Å². The number of amides is 1. The summed E-state index contributed by atoms with van der Waals surface area (Å²) >= 11 is 0. The van der Waals surface area contributed by atoms with Crippen molar-refractivity contribution < 1.29 is 19.4 Å². The number of aromatic hydroxyl groups is 1. The molecule has 26 heavy (non-hydrogen) atoms. The van der Waals surface area contributed by atoms with E-state index in [1.54, 1.807) is 12.1 Å². The summed E-state index contributed by atoms with van der Waals surface area (Å²) in [5.41, 5.74) is 8.94. The van der Waals surface area contributed by atoms with Crippen LogP contribution >= 0.6 is 0 Å². The van der Waals surface area contributed by atoms with Gasteiger partial charge in [-0.05, 0) is 31.2 Å². The van der Waals surface area contributed by atoms with Gasteiger partial charge in [0.2, 0.25) is 0 Å². The normalized spacial score (nSPS) is 22.0. The third kappa shape index (κ3) is 4.05. The van der Waals surface area contributed by atoms with Crippen LogP contribution in [0.5, 0.6) is 17.2 Å². The Hall–Kier alpha value is -2.81. The first-order valence-electron chi connectivity index (χ1n) is 8.26. The van der Waals surface area contributed by atoms with Crippen LogP contribution in [0.15, 0.2) is 48.5 Å². The molecular formula is C18H22N4O4. The van der Waals surface area contributed by atoms with Crippen LogP contribution in [0.3, 0.4) is 0 Å². The highest BCUT2D eigenvalue weighted by atomic mass is 16.5. The zero-order valence-corrected chi connectivity index (χ0v) is 14.3. The van der Waals surface area contributed by atoms with Crippen molar-refractivity contribution in [3.8, 4) is 17.2 Å². The molecule has 3 rings (SSSR count). The number of carbonyl (C=O) groups excluding carboxylic acids is 1. The first kappa shape index (κ1) is 18.0. The van der Waals surface area contributed by atoms with E-state index in [1.165, 1.54) is 6.07 Å². The molecule has 2 aromatic carbocycles. The highest BCUT2D eigenvalue weighted by Gasteiger charge is 2.37. The summed E-state index contributed by atoms with van der Waals surface area (Å²) in [5, 5.41) is 10.4. The van der Waals surface area contributed by atoms with Crippen molar-refractivity contribution in [3.63, 3.8) is 0 Å². The molecule has 0 aliphatic carbocycles.